The molecule has 1 aromatic carbocycles. The van der Waals surface area contributed by atoms with Crippen LogP contribution in [0.25, 0.3) is 0 Å². The molecule has 8 heteroatoms. The summed E-state index contributed by atoms with van der Waals surface area (Å²) < 4.78 is 40.3. The normalized spacial score (nSPS) is 17.1. The summed E-state index contributed by atoms with van der Waals surface area (Å²) in [6.45, 7) is 5.91. The quantitative estimate of drug-likeness (QED) is 0.883. The zero-order valence-electron chi connectivity index (χ0n) is 12.2. The van der Waals surface area contributed by atoms with Gasteiger partial charge in [-0.05, 0) is 24.1 Å². The van der Waals surface area contributed by atoms with Crippen molar-refractivity contribution in [2.75, 3.05) is 26.2 Å². The Bertz CT molecular complexity index is 423. The van der Waals surface area contributed by atoms with Crippen molar-refractivity contribution in [3.05, 3.63) is 29.8 Å². The van der Waals surface area contributed by atoms with Crippen LogP contribution in [0.4, 0.5) is 13.2 Å². The first kappa shape index (κ1) is 21.3. The Morgan fingerprint density at radius 1 is 1.14 bits per heavy atom. The molecule has 0 amide bonds. The standard InChI is InChI=1S/C14H19F3N2O.2ClH/c1-2-13(19-9-7-18-8-10-19)11-3-5-12(6-4-11)20-14(15,16)17;;/h3-6,13,18H,2,7-10H2,1H3;2*1H/t13-;;/m0../s1. The Labute approximate surface area is 141 Å². The van der Waals surface area contributed by atoms with E-state index >= 15 is 0 Å². The third-order valence-electron chi connectivity index (χ3n) is 3.48. The lowest BCUT2D eigenvalue weighted by Crippen LogP contribution is -2.45. The minimum Gasteiger partial charge on any atom is -0.406 e. The molecule has 0 bridgehead atoms. The lowest BCUT2D eigenvalue weighted by Gasteiger charge is -2.34. The molecule has 0 radical (unpaired) electrons. The Morgan fingerprint density at radius 2 is 1.68 bits per heavy atom. The molecule has 1 N–H and O–H groups in total. The fourth-order valence-corrected chi connectivity index (χ4v) is 2.59. The molecule has 22 heavy (non-hydrogen) atoms. The van der Waals surface area contributed by atoms with E-state index in [-0.39, 0.29) is 36.6 Å². The second-order valence-electron chi connectivity index (χ2n) is 4.83. The molecule has 1 atom stereocenters. The van der Waals surface area contributed by atoms with E-state index in [4.69, 9.17) is 0 Å². The lowest BCUT2D eigenvalue weighted by molar-refractivity contribution is -0.274. The predicted molar refractivity (Wildman–Crippen MR) is 85.1 cm³/mol. The van der Waals surface area contributed by atoms with Crippen molar-refractivity contribution in [1.29, 1.82) is 0 Å². The molecule has 1 heterocycles. The number of hydrogen-bond acceptors (Lipinski definition) is 3. The Morgan fingerprint density at radius 3 is 2.14 bits per heavy atom. The number of hydrogen-bond donors (Lipinski definition) is 1. The summed E-state index contributed by atoms with van der Waals surface area (Å²) in [6, 6.07) is 6.45. The van der Waals surface area contributed by atoms with Crippen molar-refractivity contribution >= 4 is 24.8 Å². The number of ether oxygens (including phenoxy) is 1. The summed E-state index contributed by atoms with van der Waals surface area (Å²) in [5, 5.41) is 3.29. The van der Waals surface area contributed by atoms with Crippen molar-refractivity contribution in [3.8, 4) is 5.75 Å². The summed E-state index contributed by atoms with van der Waals surface area (Å²) in [4.78, 5) is 2.36. The van der Waals surface area contributed by atoms with Gasteiger partial charge >= 0.3 is 6.36 Å². The van der Waals surface area contributed by atoms with Crippen LogP contribution in [0.3, 0.4) is 0 Å². The fraction of sp³-hybridized carbons (Fsp3) is 0.571. The third-order valence-corrected chi connectivity index (χ3v) is 3.48. The van der Waals surface area contributed by atoms with Gasteiger partial charge in [0.15, 0.2) is 0 Å². The molecule has 0 aliphatic carbocycles. The van der Waals surface area contributed by atoms with Gasteiger partial charge in [0, 0.05) is 32.2 Å². The van der Waals surface area contributed by atoms with E-state index < -0.39 is 6.36 Å². The van der Waals surface area contributed by atoms with Crippen LogP contribution < -0.4 is 10.1 Å². The molecular weight excluding hydrogens is 340 g/mol. The zero-order valence-corrected chi connectivity index (χ0v) is 13.9. The number of piperazine rings is 1. The molecule has 0 unspecified atom stereocenters. The van der Waals surface area contributed by atoms with Crippen LogP contribution in [-0.2, 0) is 0 Å². The highest BCUT2D eigenvalue weighted by atomic mass is 35.5. The molecule has 128 valence electrons. The maximum atomic E-state index is 12.1. The van der Waals surface area contributed by atoms with Crippen LogP contribution in [0.2, 0.25) is 0 Å². The summed E-state index contributed by atoms with van der Waals surface area (Å²) in [6.07, 6.45) is -3.70. The maximum Gasteiger partial charge on any atom is 0.573 e. The van der Waals surface area contributed by atoms with E-state index in [1.54, 1.807) is 12.1 Å². The summed E-state index contributed by atoms with van der Waals surface area (Å²) >= 11 is 0. The first-order valence-corrected chi connectivity index (χ1v) is 6.80. The second kappa shape index (κ2) is 9.45. The molecule has 1 fully saturated rings. The Balaban J connectivity index is 0.00000220. The monoisotopic (exact) mass is 360 g/mol. The molecule has 1 aliphatic rings. The van der Waals surface area contributed by atoms with E-state index in [1.165, 1.54) is 12.1 Å². The average molecular weight is 361 g/mol. The number of benzene rings is 1. The summed E-state index contributed by atoms with van der Waals surface area (Å²) in [5.41, 5.74) is 1.03. The summed E-state index contributed by atoms with van der Waals surface area (Å²) in [5.74, 6) is -0.170. The zero-order chi connectivity index (χ0) is 14.6. The van der Waals surface area contributed by atoms with Crippen molar-refractivity contribution in [1.82, 2.24) is 10.2 Å². The van der Waals surface area contributed by atoms with E-state index in [0.717, 1.165) is 38.2 Å². The van der Waals surface area contributed by atoms with Gasteiger partial charge in [-0.2, -0.15) is 0 Å². The number of rotatable bonds is 4. The highest BCUT2D eigenvalue weighted by molar-refractivity contribution is 5.85. The van der Waals surface area contributed by atoms with Crippen molar-refractivity contribution in [2.24, 2.45) is 0 Å². The minimum absolute atomic E-state index is 0. The first-order valence-electron chi connectivity index (χ1n) is 6.80. The topological polar surface area (TPSA) is 24.5 Å². The van der Waals surface area contributed by atoms with Crippen LogP contribution in [0.5, 0.6) is 5.75 Å². The van der Waals surface area contributed by atoms with Crippen molar-refractivity contribution < 1.29 is 17.9 Å². The number of nitrogens with one attached hydrogen (secondary N) is 1. The smallest absolute Gasteiger partial charge is 0.406 e. The van der Waals surface area contributed by atoms with Crippen LogP contribution in [0.15, 0.2) is 24.3 Å². The van der Waals surface area contributed by atoms with Crippen molar-refractivity contribution in [2.45, 2.75) is 25.7 Å². The minimum atomic E-state index is -4.63. The average Bonchev–Trinajstić information content (AvgIpc) is 2.41. The lowest BCUT2D eigenvalue weighted by atomic mass is 10.0. The van der Waals surface area contributed by atoms with Crippen LogP contribution >= 0.6 is 24.8 Å². The molecule has 0 saturated carbocycles. The van der Waals surface area contributed by atoms with Gasteiger partial charge in [0.1, 0.15) is 5.75 Å². The maximum absolute atomic E-state index is 12.1. The van der Waals surface area contributed by atoms with Crippen molar-refractivity contribution in [3.63, 3.8) is 0 Å². The highest BCUT2D eigenvalue weighted by Gasteiger charge is 2.31. The Kier molecular flexibility index (Phi) is 9.15. The second-order valence-corrected chi connectivity index (χ2v) is 4.83. The van der Waals surface area contributed by atoms with Crippen LogP contribution in [0, 0.1) is 0 Å². The van der Waals surface area contributed by atoms with Gasteiger partial charge in [-0.25, -0.2) is 0 Å². The van der Waals surface area contributed by atoms with Gasteiger partial charge in [-0.1, -0.05) is 19.1 Å². The van der Waals surface area contributed by atoms with Gasteiger partial charge in [0.05, 0.1) is 0 Å². The molecule has 1 saturated heterocycles. The van der Waals surface area contributed by atoms with Gasteiger partial charge in [-0.15, -0.1) is 38.0 Å². The number of alkyl halides is 3. The predicted octanol–water partition coefficient (Wildman–Crippen LogP) is 3.79. The molecule has 1 aliphatic heterocycles. The first-order chi connectivity index (χ1) is 9.49. The number of nitrogens with zero attached hydrogens (tertiary/aromatic N) is 1. The van der Waals surface area contributed by atoms with E-state index in [2.05, 4.69) is 21.9 Å². The van der Waals surface area contributed by atoms with Gasteiger partial charge < -0.3 is 10.1 Å². The SMILES string of the molecule is CC[C@@H](c1ccc(OC(F)(F)F)cc1)N1CCNCC1.Cl.Cl. The van der Waals surface area contributed by atoms with Crippen LogP contribution in [-0.4, -0.2) is 37.4 Å². The van der Waals surface area contributed by atoms with Gasteiger partial charge in [0.25, 0.3) is 0 Å². The molecule has 0 aromatic heterocycles. The van der Waals surface area contributed by atoms with Crippen LogP contribution in [0.1, 0.15) is 24.9 Å². The van der Waals surface area contributed by atoms with E-state index in [9.17, 15) is 13.2 Å². The summed E-state index contributed by atoms with van der Waals surface area (Å²) in [7, 11) is 0. The third kappa shape index (κ3) is 6.20. The molecule has 0 spiro atoms. The van der Waals surface area contributed by atoms with E-state index in [0.29, 0.717) is 0 Å². The number of halogens is 5. The van der Waals surface area contributed by atoms with Gasteiger partial charge in [0.2, 0.25) is 0 Å². The van der Waals surface area contributed by atoms with Gasteiger partial charge in [-0.3, -0.25) is 4.90 Å². The molecule has 3 nitrogen and oxygen atoms in total. The fourth-order valence-electron chi connectivity index (χ4n) is 2.59. The Hall–Kier alpha value is -0.690. The van der Waals surface area contributed by atoms with E-state index in [1.807, 2.05) is 0 Å². The largest absolute Gasteiger partial charge is 0.573 e. The molecular formula is C14H21Cl2F3N2O. The molecule has 2 rings (SSSR count). The highest BCUT2D eigenvalue weighted by Crippen LogP contribution is 2.28. The molecule has 1 aromatic rings.